The number of nitrogens with zero attached hydrogens (tertiary/aromatic N) is 1. The lowest BCUT2D eigenvalue weighted by molar-refractivity contribution is 0.168. The van der Waals surface area contributed by atoms with Gasteiger partial charge in [-0.25, -0.2) is 0 Å². The van der Waals surface area contributed by atoms with E-state index in [1.165, 1.54) is 38.8 Å². The van der Waals surface area contributed by atoms with E-state index in [1.54, 1.807) is 0 Å². The van der Waals surface area contributed by atoms with Gasteiger partial charge < -0.3 is 10.0 Å². The number of hydrogen-bond donors (Lipinski definition) is 1. The van der Waals surface area contributed by atoms with Crippen LogP contribution in [-0.4, -0.2) is 35.7 Å². The summed E-state index contributed by atoms with van der Waals surface area (Å²) in [7, 11) is 0. The van der Waals surface area contributed by atoms with Crippen LogP contribution in [0.25, 0.3) is 6.08 Å². The van der Waals surface area contributed by atoms with Crippen LogP contribution in [0.4, 0.5) is 0 Å². The lowest BCUT2D eigenvalue weighted by atomic mass is 10.0. The molecule has 114 valence electrons. The number of rotatable bonds is 5. The molecule has 2 nitrogen and oxygen atoms in total. The van der Waals surface area contributed by atoms with Gasteiger partial charge in [-0.05, 0) is 49.6 Å². The lowest BCUT2D eigenvalue weighted by Gasteiger charge is -2.25. The molecule has 1 aliphatic carbocycles. The molecule has 1 aromatic carbocycles. The smallest absolute Gasteiger partial charge is 0.0736 e. The second-order valence-corrected chi connectivity index (χ2v) is 6.76. The summed E-state index contributed by atoms with van der Waals surface area (Å²) in [5, 5.41) is 10.1. The van der Waals surface area contributed by atoms with Crippen molar-refractivity contribution < 1.29 is 5.11 Å². The van der Waals surface area contributed by atoms with E-state index in [4.69, 9.17) is 0 Å². The molecule has 21 heavy (non-hydrogen) atoms. The first-order valence-corrected chi connectivity index (χ1v) is 8.43. The molecule has 2 heteroatoms. The first-order valence-electron chi connectivity index (χ1n) is 8.43. The molecule has 1 N–H and O–H groups in total. The van der Waals surface area contributed by atoms with Gasteiger partial charge in [0.2, 0.25) is 0 Å². The molecule has 0 aromatic heterocycles. The van der Waals surface area contributed by atoms with E-state index < -0.39 is 0 Å². The Morgan fingerprint density at radius 1 is 1.14 bits per heavy atom. The van der Waals surface area contributed by atoms with Crippen LogP contribution in [0.5, 0.6) is 0 Å². The molecule has 1 aliphatic heterocycles. The van der Waals surface area contributed by atoms with Crippen molar-refractivity contribution in [1.82, 2.24) is 4.90 Å². The monoisotopic (exact) mass is 285 g/mol. The van der Waals surface area contributed by atoms with Crippen molar-refractivity contribution in [2.75, 3.05) is 19.6 Å². The van der Waals surface area contributed by atoms with Crippen LogP contribution in [0.1, 0.15) is 37.7 Å². The molecule has 1 saturated heterocycles. The molecule has 2 bridgehead atoms. The molecule has 0 unspecified atom stereocenters. The van der Waals surface area contributed by atoms with E-state index in [2.05, 4.69) is 17.0 Å². The van der Waals surface area contributed by atoms with E-state index in [-0.39, 0.29) is 6.10 Å². The van der Waals surface area contributed by atoms with Crippen LogP contribution in [0.15, 0.2) is 36.4 Å². The number of hydrogen-bond acceptors (Lipinski definition) is 2. The van der Waals surface area contributed by atoms with Gasteiger partial charge in [0.15, 0.2) is 0 Å². The Morgan fingerprint density at radius 2 is 1.95 bits per heavy atom. The highest BCUT2D eigenvalue weighted by Gasteiger charge is 2.29. The summed E-state index contributed by atoms with van der Waals surface area (Å²) in [4.78, 5) is 2.57. The number of aliphatic hydroxyl groups excluding tert-OH is 1. The fourth-order valence-electron chi connectivity index (χ4n) is 3.83. The summed E-state index contributed by atoms with van der Waals surface area (Å²) < 4.78 is 0. The number of fused-ring (bicyclic) bond motifs is 2. The largest absolute Gasteiger partial charge is 0.389 e. The summed E-state index contributed by atoms with van der Waals surface area (Å²) in [6, 6.07) is 10.2. The van der Waals surface area contributed by atoms with Crippen molar-refractivity contribution in [3.8, 4) is 0 Å². The van der Waals surface area contributed by atoms with E-state index in [9.17, 15) is 5.11 Å². The van der Waals surface area contributed by atoms with Gasteiger partial charge in [0.1, 0.15) is 0 Å². The maximum Gasteiger partial charge on any atom is 0.0736 e. The molecule has 0 radical (unpaired) electrons. The van der Waals surface area contributed by atoms with Crippen molar-refractivity contribution >= 4 is 6.08 Å². The molecule has 2 aliphatic rings. The van der Waals surface area contributed by atoms with Gasteiger partial charge in [-0.15, -0.1) is 0 Å². The molecule has 1 aromatic rings. The Bertz CT molecular complexity index is 456. The van der Waals surface area contributed by atoms with Gasteiger partial charge >= 0.3 is 0 Å². The van der Waals surface area contributed by atoms with Crippen LogP contribution in [0.2, 0.25) is 0 Å². The molecule has 0 spiro atoms. The highest BCUT2D eigenvalue weighted by Crippen LogP contribution is 2.36. The maximum absolute atomic E-state index is 10.1. The fourth-order valence-corrected chi connectivity index (χ4v) is 3.83. The number of benzene rings is 1. The maximum atomic E-state index is 10.1. The van der Waals surface area contributed by atoms with Gasteiger partial charge in [-0.1, -0.05) is 48.9 Å². The minimum absolute atomic E-state index is 0.328. The van der Waals surface area contributed by atoms with Gasteiger partial charge in [0.05, 0.1) is 6.10 Å². The Morgan fingerprint density at radius 3 is 2.81 bits per heavy atom. The Labute approximate surface area is 128 Å². The Kier molecular flexibility index (Phi) is 5.10. The Balaban J connectivity index is 1.43. The van der Waals surface area contributed by atoms with Crippen molar-refractivity contribution in [1.29, 1.82) is 0 Å². The van der Waals surface area contributed by atoms with Gasteiger partial charge in [-0.2, -0.15) is 0 Å². The molecule has 3 rings (SSSR count). The molecule has 2 fully saturated rings. The number of likely N-dealkylation sites (tertiary alicyclic amines) is 1. The zero-order valence-corrected chi connectivity index (χ0v) is 12.8. The van der Waals surface area contributed by atoms with Crippen molar-refractivity contribution in [2.24, 2.45) is 11.8 Å². The molecular formula is C19H27NO. The first kappa shape index (κ1) is 14.8. The molecule has 3 atom stereocenters. The fraction of sp³-hybridized carbons (Fsp3) is 0.579. The average molecular weight is 285 g/mol. The second-order valence-electron chi connectivity index (χ2n) is 6.76. The zero-order valence-electron chi connectivity index (χ0n) is 12.8. The highest BCUT2D eigenvalue weighted by molar-refractivity contribution is 5.49. The summed E-state index contributed by atoms with van der Waals surface area (Å²) >= 11 is 0. The van der Waals surface area contributed by atoms with Crippen LogP contribution in [0, 0.1) is 11.8 Å². The van der Waals surface area contributed by atoms with Crippen LogP contribution in [0.3, 0.4) is 0 Å². The lowest BCUT2D eigenvalue weighted by Crippen LogP contribution is -2.31. The summed E-state index contributed by atoms with van der Waals surface area (Å²) in [5.74, 6) is 1.91. The third kappa shape index (κ3) is 4.42. The summed E-state index contributed by atoms with van der Waals surface area (Å²) in [6.45, 7) is 3.52. The molecule has 1 saturated carbocycles. The van der Waals surface area contributed by atoms with Crippen molar-refractivity contribution in [3.63, 3.8) is 0 Å². The Hall–Kier alpha value is -1.12. The van der Waals surface area contributed by atoms with E-state index in [1.807, 2.05) is 30.4 Å². The summed E-state index contributed by atoms with van der Waals surface area (Å²) in [5.41, 5.74) is 1.16. The SMILES string of the molecule is O[C@H](/C=C\c1ccccc1)CCN1CC[C@@H]2CC[C@@H](C2)C1. The predicted octanol–water partition coefficient (Wildman–Crippen LogP) is 3.57. The molecule has 1 heterocycles. The van der Waals surface area contributed by atoms with Crippen LogP contribution >= 0.6 is 0 Å². The van der Waals surface area contributed by atoms with Gasteiger partial charge in [-0.3, -0.25) is 0 Å². The molecular weight excluding hydrogens is 258 g/mol. The van der Waals surface area contributed by atoms with E-state index >= 15 is 0 Å². The minimum atomic E-state index is -0.328. The van der Waals surface area contributed by atoms with Crippen LogP contribution < -0.4 is 0 Å². The highest BCUT2D eigenvalue weighted by atomic mass is 16.3. The van der Waals surface area contributed by atoms with Gasteiger partial charge in [0, 0.05) is 13.1 Å². The third-order valence-electron chi connectivity index (χ3n) is 5.07. The predicted molar refractivity (Wildman–Crippen MR) is 88.0 cm³/mol. The number of aliphatic hydroxyl groups is 1. The molecule has 0 amide bonds. The van der Waals surface area contributed by atoms with Crippen molar-refractivity contribution in [2.45, 2.75) is 38.2 Å². The standard InChI is InChI=1S/C19H27NO/c21-19(9-8-16-4-2-1-3-5-16)11-13-20-12-10-17-6-7-18(14-17)15-20/h1-5,8-9,17-19,21H,6-7,10-15H2/b9-8-/t17-,18-,19+/m0/s1. The third-order valence-corrected chi connectivity index (χ3v) is 5.07. The normalized spacial score (nSPS) is 27.9. The zero-order chi connectivity index (χ0) is 14.5. The van der Waals surface area contributed by atoms with Gasteiger partial charge in [0.25, 0.3) is 0 Å². The average Bonchev–Trinajstić information content (AvgIpc) is 2.85. The first-order chi connectivity index (χ1) is 10.3. The topological polar surface area (TPSA) is 23.5 Å². The second kappa shape index (κ2) is 7.24. The van der Waals surface area contributed by atoms with E-state index in [0.717, 1.165) is 30.4 Å². The van der Waals surface area contributed by atoms with Crippen molar-refractivity contribution in [3.05, 3.63) is 42.0 Å². The summed E-state index contributed by atoms with van der Waals surface area (Å²) in [6.07, 6.45) is 10.2. The van der Waals surface area contributed by atoms with E-state index in [0.29, 0.717) is 0 Å². The quantitative estimate of drug-likeness (QED) is 0.894. The minimum Gasteiger partial charge on any atom is -0.389 e. The van der Waals surface area contributed by atoms with Crippen LogP contribution in [-0.2, 0) is 0 Å².